The summed E-state index contributed by atoms with van der Waals surface area (Å²) in [6, 6.07) is 5.12. The highest BCUT2D eigenvalue weighted by atomic mass is 32.2. The first kappa shape index (κ1) is 20.6. The smallest absolute Gasteiger partial charge is 0.253 e. The minimum Gasteiger partial charge on any atom is -0.495 e. The van der Waals surface area contributed by atoms with Crippen LogP contribution in [-0.4, -0.2) is 69.5 Å². The van der Waals surface area contributed by atoms with Gasteiger partial charge in [-0.3, -0.25) is 9.69 Å². The second-order valence-electron chi connectivity index (χ2n) is 8.41. The fourth-order valence-corrected chi connectivity index (χ4v) is 6.37. The summed E-state index contributed by atoms with van der Waals surface area (Å²) in [6.07, 6.45) is 7.35. The van der Waals surface area contributed by atoms with Gasteiger partial charge in [0, 0.05) is 37.3 Å². The molecular weight excluding hydrogens is 390 g/mol. The zero-order valence-corrected chi connectivity index (χ0v) is 17.9. The molecule has 0 unspecified atom stereocenters. The van der Waals surface area contributed by atoms with Gasteiger partial charge in [-0.15, -0.1) is 0 Å². The Bertz CT molecular complexity index is 851. The summed E-state index contributed by atoms with van der Waals surface area (Å²) in [6.45, 7) is 3.41. The van der Waals surface area contributed by atoms with Crippen LogP contribution >= 0.6 is 0 Å². The number of nitrogens with one attached hydrogen (secondary N) is 1. The second-order valence-corrected chi connectivity index (χ2v) is 10.1. The summed E-state index contributed by atoms with van der Waals surface area (Å²) in [5.41, 5.74) is 0.404. The third-order valence-electron chi connectivity index (χ3n) is 6.50. The van der Waals surface area contributed by atoms with E-state index in [1.54, 1.807) is 12.1 Å². The molecule has 0 radical (unpaired) electrons. The van der Waals surface area contributed by atoms with Crippen molar-refractivity contribution >= 4 is 15.9 Å². The van der Waals surface area contributed by atoms with Crippen LogP contribution in [0.1, 0.15) is 55.3 Å². The van der Waals surface area contributed by atoms with E-state index in [4.69, 9.17) is 4.74 Å². The number of ether oxygens (including phenoxy) is 1. The van der Waals surface area contributed by atoms with Crippen molar-refractivity contribution in [3.05, 3.63) is 23.8 Å². The monoisotopic (exact) mass is 421 g/mol. The lowest BCUT2D eigenvalue weighted by Crippen LogP contribution is -2.56. The molecule has 1 atom stereocenters. The highest BCUT2D eigenvalue weighted by molar-refractivity contribution is 7.89. The minimum absolute atomic E-state index is 0.0385. The van der Waals surface area contributed by atoms with Gasteiger partial charge in [-0.25, -0.2) is 13.1 Å². The van der Waals surface area contributed by atoms with Crippen molar-refractivity contribution in [1.29, 1.82) is 0 Å². The van der Waals surface area contributed by atoms with Crippen molar-refractivity contribution in [2.75, 3.05) is 33.3 Å². The Morgan fingerprint density at radius 3 is 2.59 bits per heavy atom. The molecule has 7 nitrogen and oxygen atoms in total. The third kappa shape index (κ3) is 4.44. The van der Waals surface area contributed by atoms with Crippen LogP contribution in [0.4, 0.5) is 0 Å². The van der Waals surface area contributed by atoms with E-state index in [0.29, 0.717) is 24.7 Å². The average Bonchev–Trinajstić information content (AvgIpc) is 3.24. The van der Waals surface area contributed by atoms with Crippen molar-refractivity contribution < 1.29 is 17.9 Å². The van der Waals surface area contributed by atoms with Gasteiger partial charge in [0.2, 0.25) is 10.0 Å². The molecule has 1 aliphatic carbocycles. The van der Waals surface area contributed by atoms with E-state index in [1.807, 2.05) is 4.90 Å². The molecule has 0 spiro atoms. The summed E-state index contributed by atoms with van der Waals surface area (Å²) in [5.74, 6) is 0.166. The summed E-state index contributed by atoms with van der Waals surface area (Å²) < 4.78 is 34.1. The van der Waals surface area contributed by atoms with Gasteiger partial charge in [0.05, 0.1) is 7.11 Å². The van der Waals surface area contributed by atoms with Crippen LogP contribution in [0.25, 0.3) is 0 Å². The standard InChI is InChI=1S/C21H31N3O4S/c1-28-19-10-9-16(14-20(19)29(26,27)22-17-6-2-3-7-17)21(25)24-13-12-23-11-5-4-8-18(23)15-24/h9-10,14,17-18,22H,2-8,11-13,15H2,1H3/t18-/m0/s1. The molecule has 2 heterocycles. The lowest BCUT2D eigenvalue weighted by atomic mass is 9.99. The van der Waals surface area contributed by atoms with Crippen LogP contribution < -0.4 is 9.46 Å². The van der Waals surface area contributed by atoms with E-state index in [1.165, 1.54) is 26.0 Å². The number of piperidine rings is 1. The molecule has 2 aliphatic heterocycles. The molecule has 3 fully saturated rings. The van der Waals surface area contributed by atoms with Gasteiger partial charge in [-0.1, -0.05) is 19.3 Å². The zero-order valence-electron chi connectivity index (χ0n) is 17.1. The quantitative estimate of drug-likeness (QED) is 0.789. The Kier molecular flexibility index (Phi) is 6.13. The van der Waals surface area contributed by atoms with E-state index in [2.05, 4.69) is 9.62 Å². The molecule has 3 aliphatic rings. The summed E-state index contributed by atoms with van der Waals surface area (Å²) in [5, 5.41) is 0. The Morgan fingerprint density at radius 2 is 1.83 bits per heavy atom. The van der Waals surface area contributed by atoms with Crippen molar-refractivity contribution in [2.24, 2.45) is 0 Å². The number of amides is 1. The van der Waals surface area contributed by atoms with Gasteiger partial charge in [-0.2, -0.15) is 0 Å². The third-order valence-corrected chi connectivity index (χ3v) is 8.04. The maximum atomic E-state index is 13.1. The number of benzene rings is 1. The molecule has 1 saturated carbocycles. The number of piperazine rings is 1. The topological polar surface area (TPSA) is 79.0 Å². The first-order valence-electron chi connectivity index (χ1n) is 10.7. The molecule has 2 saturated heterocycles. The molecule has 1 aromatic carbocycles. The number of methoxy groups -OCH3 is 1. The van der Waals surface area contributed by atoms with Crippen molar-refractivity contribution in [2.45, 2.75) is 61.9 Å². The van der Waals surface area contributed by atoms with Gasteiger partial charge >= 0.3 is 0 Å². The maximum absolute atomic E-state index is 13.1. The Balaban J connectivity index is 1.55. The van der Waals surface area contributed by atoms with Gasteiger partial charge in [-0.05, 0) is 50.4 Å². The summed E-state index contributed by atoms with van der Waals surface area (Å²) in [4.78, 5) is 17.5. The van der Waals surface area contributed by atoms with E-state index < -0.39 is 10.0 Å². The van der Waals surface area contributed by atoms with Crippen LogP contribution in [0.2, 0.25) is 0 Å². The van der Waals surface area contributed by atoms with Gasteiger partial charge in [0.15, 0.2) is 0 Å². The molecular formula is C21H31N3O4S. The van der Waals surface area contributed by atoms with Crippen LogP contribution in [0.5, 0.6) is 5.75 Å². The number of rotatable bonds is 5. The van der Waals surface area contributed by atoms with E-state index >= 15 is 0 Å². The predicted octanol–water partition coefficient (Wildman–Crippen LogP) is 2.23. The molecule has 160 valence electrons. The zero-order chi connectivity index (χ0) is 20.4. The van der Waals surface area contributed by atoms with Gasteiger partial charge < -0.3 is 9.64 Å². The van der Waals surface area contributed by atoms with E-state index in [0.717, 1.165) is 45.2 Å². The Hall–Kier alpha value is -1.64. The van der Waals surface area contributed by atoms with Gasteiger partial charge in [0.1, 0.15) is 10.6 Å². The van der Waals surface area contributed by atoms with Crippen molar-refractivity contribution in [1.82, 2.24) is 14.5 Å². The molecule has 1 amide bonds. The lowest BCUT2D eigenvalue weighted by Gasteiger charge is -2.44. The van der Waals surface area contributed by atoms with Crippen molar-refractivity contribution in [3.8, 4) is 5.75 Å². The Morgan fingerprint density at radius 1 is 1.07 bits per heavy atom. The fraction of sp³-hybridized carbons (Fsp3) is 0.667. The SMILES string of the molecule is COc1ccc(C(=O)N2CCN3CCCC[C@H]3C2)cc1S(=O)(=O)NC1CCCC1. The largest absolute Gasteiger partial charge is 0.495 e. The van der Waals surface area contributed by atoms with Crippen LogP contribution in [0.3, 0.4) is 0 Å². The number of carbonyl (C=O) groups excluding carboxylic acids is 1. The Labute approximate surface area is 173 Å². The molecule has 29 heavy (non-hydrogen) atoms. The second kappa shape index (κ2) is 8.62. The highest BCUT2D eigenvalue weighted by Crippen LogP contribution is 2.28. The maximum Gasteiger partial charge on any atom is 0.253 e. The average molecular weight is 422 g/mol. The molecule has 1 aromatic rings. The van der Waals surface area contributed by atoms with Crippen LogP contribution in [-0.2, 0) is 10.0 Å². The normalized spacial score (nSPS) is 23.8. The molecule has 0 bridgehead atoms. The number of sulfonamides is 1. The van der Waals surface area contributed by atoms with Gasteiger partial charge in [0.25, 0.3) is 5.91 Å². The number of nitrogens with zero attached hydrogens (tertiary/aromatic N) is 2. The number of carbonyl (C=O) groups is 1. The van der Waals surface area contributed by atoms with Crippen LogP contribution in [0, 0.1) is 0 Å². The first-order chi connectivity index (χ1) is 14.0. The highest BCUT2D eigenvalue weighted by Gasteiger charge is 2.32. The summed E-state index contributed by atoms with van der Waals surface area (Å²) in [7, 11) is -2.29. The number of fused-ring (bicyclic) bond motifs is 1. The molecule has 4 rings (SSSR count). The fourth-order valence-electron chi connectivity index (χ4n) is 4.87. The van der Waals surface area contributed by atoms with E-state index in [-0.39, 0.29) is 22.6 Å². The lowest BCUT2D eigenvalue weighted by molar-refractivity contribution is 0.0372. The first-order valence-corrected chi connectivity index (χ1v) is 12.2. The van der Waals surface area contributed by atoms with E-state index in [9.17, 15) is 13.2 Å². The van der Waals surface area contributed by atoms with Crippen LogP contribution in [0.15, 0.2) is 23.1 Å². The predicted molar refractivity (Wildman–Crippen MR) is 111 cm³/mol. The molecule has 8 heteroatoms. The minimum atomic E-state index is -3.75. The number of hydrogen-bond donors (Lipinski definition) is 1. The summed E-state index contributed by atoms with van der Waals surface area (Å²) >= 11 is 0. The number of hydrogen-bond acceptors (Lipinski definition) is 5. The molecule has 1 N–H and O–H groups in total. The van der Waals surface area contributed by atoms with Crippen molar-refractivity contribution in [3.63, 3.8) is 0 Å². The molecule has 0 aromatic heterocycles.